The molecule has 1 aromatic heterocycles. The summed E-state index contributed by atoms with van der Waals surface area (Å²) >= 11 is 0. The fraction of sp³-hybridized carbons (Fsp3) is 0.727. The van der Waals surface area contributed by atoms with E-state index in [0.717, 1.165) is 38.8 Å². The lowest BCUT2D eigenvalue weighted by Crippen LogP contribution is -2.43. The van der Waals surface area contributed by atoms with Crippen LogP contribution in [0.4, 0.5) is 0 Å². The van der Waals surface area contributed by atoms with Gasteiger partial charge in [-0.05, 0) is 12.8 Å². The fourth-order valence-electron chi connectivity index (χ4n) is 2.23. The van der Waals surface area contributed by atoms with Crippen LogP contribution >= 0.6 is 0 Å². The minimum absolute atomic E-state index is 0.755. The first kappa shape index (κ1) is 9.36. The van der Waals surface area contributed by atoms with Gasteiger partial charge < -0.3 is 9.88 Å². The van der Waals surface area contributed by atoms with Gasteiger partial charge in [0.15, 0.2) is 0 Å². The molecule has 0 atom stereocenters. The minimum atomic E-state index is 0.755. The van der Waals surface area contributed by atoms with Gasteiger partial charge in [0.2, 0.25) is 0 Å². The van der Waals surface area contributed by atoms with E-state index in [1.165, 1.54) is 18.5 Å². The van der Waals surface area contributed by atoms with Gasteiger partial charge in [0, 0.05) is 45.0 Å². The van der Waals surface area contributed by atoms with E-state index < -0.39 is 0 Å². The molecule has 1 aromatic rings. The van der Waals surface area contributed by atoms with Crippen molar-refractivity contribution in [3.05, 3.63) is 18.2 Å². The quantitative estimate of drug-likeness (QED) is 0.787. The Bertz CT molecular complexity index is 323. The molecule has 2 fully saturated rings. The highest BCUT2D eigenvalue weighted by Crippen LogP contribution is 2.35. The molecule has 1 aliphatic heterocycles. The molecule has 82 valence electrons. The zero-order chi connectivity index (χ0) is 10.1. The van der Waals surface area contributed by atoms with Gasteiger partial charge in [0.05, 0.1) is 12.0 Å². The summed E-state index contributed by atoms with van der Waals surface area (Å²) in [6.07, 6.45) is 6.70. The van der Waals surface area contributed by atoms with E-state index in [-0.39, 0.29) is 0 Å². The van der Waals surface area contributed by atoms with Crippen molar-refractivity contribution in [2.45, 2.75) is 25.4 Å². The van der Waals surface area contributed by atoms with Crippen molar-refractivity contribution in [2.24, 2.45) is 0 Å². The number of nitrogens with one attached hydrogen (secondary N) is 1. The van der Waals surface area contributed by atoms with Crippen LogP contribution in [0.3, 0.4) is 0 Å². The average Bonchev–Trinajstić information content (AvgIpc) is 3.02. The van der Waals surface area contributed by atoms with E-state index in [4.69, 9.17) is 0 Å². The SMILES string of the molecule is c1ncn(C2CC2)c1CN1CCNCC1. The van der Waals surface area contributed by atoms with Crippen molar-refractivity contribution in [1.29, 1.82) is 0 Å². The predicted octanol–water partition coefficient (Wildman–Crippen LogP) is 0.623. The second-order valence-electron chi connectivity index (χ2n) is 4.55. The Morgan fingerprint density at radius 1 is 1.33 bits per heavy atom. The maximum Gasteiger partial charge on any atom is 0.0951 e. The van der Waals surface area contributed by atoms with Gasteiger partial charge in [0.25, 0.3) is 0 Å². The van der Waals surface area contributed by atoms with Crippen molar-refractivity contribution in [1.82, 2.24) is 19.8 Å². The van der Waals surface area contributed by atoms with Crippen LogP contribution in [0.25, 0.3) is 0 Å². The van der Waals surface area contributed by atoms with E-state index in [9.17, 15) is 0 Å². The van der Waals surface area contributed by atoms with Crippen LogP contribution in [0.1, 0.15) is 24.6 Å². The molecule has 1 N–H and O–H groups in total. The smallest absolute Gasteiger partial charge is 0.0951 e. The molecular weight excluding hydrogens is 188 g/mol. The highest BCUT2D eigenvalue weighted by Gasteiger charge is 2.25. The number of piperazine rings is 1. The number of hydrogen-bond donors (Lipinski definition) is 1. The summed E-state index contributed by atoms with van der Waals surface area (Å²) in [5.41, 5.74) is 1.39. The molecule has 1 saturated heterocycles. The summed E-state index contributed by atoms with van der Waals surface area (Å²) < 4.78 is 2.36. The molecule has 0 spiro atoms. The largest absolute Gasteiger partial charge is 0.330 e. The fourth-order valence-corrected chi connectivity index (χ4v) is 2.23. The summed E-state index contributed by atoms with van der Waals surface area (Å²) in [5, 5.41) is 3.38. The monoisotopic (exact) mass is 206 g/mol. The van der Waals surface area contributed by atoms with Gasteiger partial charge in [-0.3, -0.25) is 4.90 Å². The molecule has 0 bridgehead atoms. The number of imidazole rings is 1. The third-order valence-corrected chi connectivity index (χ3v) is 3.28. The maximum absolute atomic E-state index is 4.27. The zero-order valence-electron chi connectivity index (χ0n) is 9.02. The minimum Gasteiger partial charge on any atom is -0.330 e. The molecule has 0 unspecified atom stereocenters. The van der Waals surface area contributed by atoms with Gasteiger partial charge in [-0.2, -0.15) is 0 Å². The molecule has 4 nitrogen and oxygen atoms in total. The van der Waals surface area contributed by atoms with Crippen molar-refractivity contribution in [3.63, 3.8) is 0 Å². The van der Waals surface area contributed by atoms with Crippen molar-refractivity contribution in [2.75, 3.05) is 26.2 Å². The van der Waals surface area contributed by atoms with Crippen molar-refractivity contribution >= 4 is 0 Å². The molecule has 15 heavy (non-hydrogen) atoms. The standard InChI is InChI=1S/C11H18N4/c1-2-10(1)15-9-13-7-11(15)8-14-5-3-12-4-6-14/h7,9-10,12H,1-6,8H2. The van der Waals surface area contributed by atoms with E-state index in [2.05, 4.69) is 19.8 Å². The Morgan fingerprint density at radius 3 is 2.87 bits per heavy atom. The van der Waals surface area contributed by atoms with Crippen LogP contribution in [0.2, 0.25) is 0 Å². The molecule has 0 radical (unpaired) electrons. The highest BCUT2D eigenvalue weighted by atomic mass is 15.2. The molecule has 4 heteroatoms. The van der Waals surface area contributed by atoms with Gasteiger partial charge in [-0.1, -0.05) is 0 Å². The topological polar surface area (TPSA) is 33.1 Å². The van der Waals surface area contributed by atoms with Crippen LogP contribution in [0.15, 0.2) is 12.5 Å². The van der Waals surface area contributed by atoms with E-state index in [1.807, 2.05) is 12.5 Å². The lowest BCUT2D eigenvalue weighted by atomic mass is 10.3. The molecule has 1 aliphatic carbocycles. The van der Waals surface area contributed by atoms with E-state index in [0.29, 0.717) is 0 Å². The van der Waals surface area contributed by atoms with Gasteiger partial charge in [0.1, 0.15) is 0 Å². The van der Waals surface area contributed by atoms with Crippen LogP contribution in [0.5, 0.6) is 0 Å². The lowest BCUT2D eigenvalue weighted by molar-refractivity contribution is 0.228. The number of aromatic nitrogens is 2. The Balaban J connectivity index is 1.67. The summed E-state index contributed by atoms with van der Waals surface area (Å²) in [5.74, 6) is 0. The van der Waals surface area contributed by atoms with Crippen LogP contribution in [-0.4, -0.2) is 40.6 Å². The average molecular weight is 206 g/mol. The summed E-state index contributed by atoms with van der Waals surface area (Å²) in [7, 11) is 0. The Labute approximate surface area is 90.3 Å². The normalized spacial score (nSPS) is 23.2. The number of rotatable bonds is 3. The zero-order valence-corrected chi connectivity index (χ0v) is 9.02. The third kappa shape index (κ3) is 2.06. The van der Waals surface area contributed by atoms with E-state index >= 15 is 0 Å². The first-order valence-electron chi connectivity index (χ1n) is 5.87. The summed E-state index contributed by atoms with van der Waals surface area (Å²) in [4.78, 5) is 6.78. The molecule has 0 aromatic carbocycles. The highest BCUT2D eigenvalue weighted by molar-refractivity contribution is 5.03. The number of nitrogens with zero attached hydrogens (tertiary/aromatic N) is 3. The maximum atomic E-state index is 4.27. The second-order valence-corrected chi connectivity index (χ2v) is 4.55. The third-order valence-electron chi connectivity index (χ3n) is 3.28. The van der Waals surface area contributed by atoms with Crippen LogP contribution < -0.4 is 5.32 Å². The molecule has 0 amide bonds. The number of hydrogen-bond acceptors (Lipinski definition) is 3. The predicted molar refractivity (Wildman–Crippen MR) is 58.6 cm³/mol. The summed E-state index contributed by atoms with van der Waals surface area (Å²) in [6.45, 7) is 5.64. The van der Waals surface area contributed by atoms with Crippen molar-refractivity contribution in [3.8, 4) is 0 Å². The Hall–Kier alpha value is -0.870. The first-order valence-corrected chi connectivity index (χ1v) is 5.87. The Morgan fingerprint density at radius 2 is 2.13 bits per heavy atom. The molecule has 3 rings (SSSR count). The van der Waals surface area contributed by atoms with Gasteiger partial charge in [-0.15, -0.1) is 0 Å². The second kappa shape index (κ2) is 3.94. The molecular formula is C11H18N4. The van der Waals surface area contributed by atoms with Crippen molar-refractivity contribution < 1.29 is 0 Å². The van der Waals surface area contributed by atoms with E-state index in [1.54, 1.807) is 0 Å². The van der Waals surface area contributed by atoms with Crippen LogP contribution in [0, 0.1) is 0 Å². The molecule has 1 saturated carbocycles. The molecule has 2 heterocycles. The van der Waals surface area contributed by atoms with Gasteiger partial charge >= 0.3 is 0 Å². The molecule has 2 aliphatic rings. The lowest BCUT2D eigenvalue weighted by Gasteiger charge is -2.27. The summed E-state index contributed by atoms with van der Waals surface area (Å²) in [6, 6.07) is 0.755. The Kier molecular flexibility index (Phi) is 2.46. The van der Waals surface area contributed by atoms with Crippen LogP contribution in [-0.2, 0) is 6.54 Å². The van der Waals surface area contributed by atoms with Gasteiger partial charge in [-0.25, -0.2) is 4.98 Å². The first-order chi connectivity index (χ1) is 7.43.